The summed E-state index contributed by atoms with van der Waals surface area (Å²) in [7, 11) is -3.11. The lowest BCUT2D eigenvalue weighted by Gasteiger charge is -2.13. The van der Waals surface area contributed by atoms with Crippen molar-refractivity contribution in [1.29, 1.82) is 0 Å². The summed E-state index contributed by atoms with van der Waals surface area (Å²) in [6.07, 6.45) is 0.363. The van der Waals surface area contributed by atoms with Crippen LogP contribution in [0, 0.1) is 5.82 Å². The van der Waals surface area contributed by atoms with Crippen molar-refractivity contribution < 1.29 is 22.4 Å². The topological polar surface area (TPSA) is 80.3 Å². The lowest BCUT2D eigenvalue weighted by atomic mass is 9.97. The van der Waals surface area contributed by atoms with Crippen molar-refractivity contribution in [3.05, 3.63) is 71.0 Å². The number of sulfone groups is 1. The lowest BCUT2D eigenvalue weighted by Crippen LogP contribution is -2.36. The molecule has 1 fully saturated rings. The second-order valence-corrected chi connectivity index (χ2v) is 8.18. The predicted molar refractivity (Wildman–Crippen MR) is 90.8 cm³/mol. The van der Waals surface area contributed by atoms with Crippen LogP contribution in [0.1, 0.15) is 32.7 Å². The highest BCUT2D eigenvalue weighted by molar-refractivity contribution is 7.91. The molecule has 5 nitrogen and oxygen atoms in total. The molecular formula is C18H16FNO4S. The van der Waals surface area contributed by atoms with Gasteiger partial charge in [0.15, 0.2) is 15.6 Å². The van der Waals surface area contributed by atoms with Gasteiger partial charge in [0.05, 0.1) is 17.1 Å². The van der Waals surface area contributed by atoms with Crippen molar-refractivity contribution in [3.63, 3.8) is 0 Å². The molecule has 1 aliphatic heterocycles. The SMILES string of the molecule is O=C(NC1CCS(=O)(=O)C1)c1ccccc1C(=O)c1ccc(F)cc1. The molecule has 0 aliphatic carbocycles. The number of ketones is 1. The zero-order valence-corrected chi connectivity index (χ0v) is 14.1. The molecule has 130 valence electrons. The molecule has 1 saturated heterocycles. The fourth-order valence-electron chi connectivity index (χ4n) is 2.81. The minimum absolute atomic E-state index is 0.0497. The highest BCUT2D eigenvalue weighted by Gasteiger charge is 2.30. The normalized spacial score (nSPS) is 18.7. The highest BCUT2D eigenvalue weighted by Crippen LogP contribution is 2.17. The maximum atomic E-state index is 13.0. The van der Waals surface area contributed by atoms with Crippen LogP contribution in [0.5, 0.6) is 0 Å². The first kappa shape index (κ1) is 17.3. The number of hydrogen-bond acceptors (Lipinski definition) is 4. The Morgan fingerprint density at radius 2 is 1.64 bits per heavy atom. The van der Waals surface area contributed by atoms with Crippen molar-refractivity contribution in [2.75, 3.05) is 11.5 Å². The Labute approximate surface area is 144 Å². The van der Waals surface area contributed by atoms with Gasteiger partial charge in [-0.15, -0.1) is 0 Å². The van der Waals surface area contributed by atoms with Crippen LogP contribution in [-0.4, -0.2) is 37.7 Å². The molecule has 2 aromatic rings. The summed E-state index contributed by atoms with van der Waals surface area (Å²) in [6.45, 7) is 0. The quantitative estimate of drug-likeness (QED) is 0.845. The number of halogens is 1. The second-order valence-electron chi connectivity index (χ2n) is 5.96. The third kappa shape index (κ3) is 3.93. The summed E-state index contributed by atoms with van der Waals surface area (Å²) in [5.74, 6) is -1.39. The average Bonchev–Trinajstić information content (AvgIpc) is 2.93. The Kier molecular flexibility index (Phi) is 4.67. The van der Waals surface area contributed by atoms with E-state index in [9.17, 15) is 22.4 Å². The van der Waals surface area contributed by atoms with Crippen LogP contribution in [0.4, 0.5) is 4.39 Å². The summed E-state index contributed by atoms with van der Waals surface area (Å²) >= 11 is 0. The number of carbonyl (C=O) groups is 2. The van der Waals surface area contributed by atoms with E-state index in [0.29, 0.717) is 6.42 Å². The van der Waals surface area contributed by atoms with E-state index in [0.717, 1.165) is 0 Å². The smallest absolute Gasteiger partial charge is 0.252 e. The Morgan fingerprint density at radius 3 is 2.24 bits per heavy atom. The van der Waals surface area contributed by atoms with Gasteiger partial charge in [-0.2, -0.15) is 0 Å². The van der Waals surface area contributed by atoms with Crippen molar-refractivity contribution in [2.45, 2.75) is 12.5 Å². The predicted octanol–water partition coefficient (Wildman–Crippen LogP) is 1.97. The number of carbonyl (C=O) groups excluding carboxylic acids is 2. The average molecular weight is 361 g/mol. The molecule has 2 aromatic carbocycles. The van der Waals surface area contributed by atoms with Gasteiger partial charge in [-0.1, -0.05) is 18.2 Å². The zero-order chi connectivity index (χ0) is 18.0. The monoisotopic (exact) mass is 361 g/mol. The Morgan fingerprint density at radius 1 is 1.00 bits per heavy atom. The number of rotatable bonds is 4. The molecule has 1 aliphatic rings. The number of amides is 1. The third-order valence-electron chi connectivity index (χ3n) is 4.09. The highest BCUT2D eigenvalue weighted by atomic mass is 32.2. The molecule has 1 amide bonds. The second kappa shape index (κ2) is 6.76. The fraction of sp³-hybridized carbons (Fsp3) is 0.222. The fourth-order valence-corrected chi connectivity index (χ4v) is 4.48. The standard InChI is InChI=1S/C18H16FNO4S/c19-13-7-5-12(6-8-13)17(21)15-3-1-2-4-16(15)18(22)20-14-9-10-25(23,24)11-14/h1-8,14H,9-11H2,(H,20,22). The molecule has 1 atom stereocenters. The first-order valence-electron chi connectivity index (χ1n) is 7.76. The maximum Gasteiger partial charge on any atom is 0.252 e. The Balaban J connectivity index is 1.84. The molecule has 25 heavy (non-hydrogen) atoms. The van der Waals surface area contributed by atoms with E-state index in [1.807, 2.05) is 0 Å². The van der Waals surface area contributed by atoms with E-state index < -0.39 is 33.4 Å². The van der Waals surface area contributed by atoms with E-state index in [4.69, 9.17) is 0 Å². The van der Waals surface area contributed by atoms with Gasteiger partial charge in [-0.25, -0.2) is 12.8 Å². The van der Waals surface area contributed by atoms with E-state index in [1.54, 1.807) is 12.1 Å². The molecule has 0 saturated carbocycles. The summed E-state index contributed by atoms with van der Waals surface area (Å²) in [5, 5.41) is 2.68. The van der Waals surface area contributed by atoms with Crippen molar-refractivity contribution in [1.82, 2.24) is 5.32 Å². The van der Waals surface area contributed by atoms with Gasteiger partial charge in [0, 0.05) is 17.2 Å². The van der Waals surface area contributed by atoms with Gasteiger partial charge in [0.2, 0.25) is 0 Å². The van der Waals surface area contributed by atoms with Crippen LogP contribution in [0.3, 0.4) is 0 Å². The molecule has 7 heteroatoms. The lowest BCUT2D eigenvalue weighted by molar-refractivity contribution is 0.0930. The van der Waals surface area contributed by atoms with E-state index in [1.165, 1.54) is 36.4 Å². The number of hydrogen-bond donors (Lipinski definition) is 1. The van der Waals surface area contributed by atoms with Crippen molar-refractivity contribution in [2.24, 2.45) is 0 Å². The van der Waals surface area contributed by atoms with Crippen LogP contribution < -0.4 is 5.32 Å². The van der Waals surface area contributed by atoms with Crippen molar-refractivity contribution in [3.8, 4) is 0 Å². The zero-order valence-electron chi connectivity index (χ0n) is 13.2. The molecule has 0 radical (unpaired) electrons. The van der Waals surface area contributed by atoms with Crippen molar-refractivity contribution >= 4 is 21.5 Å². The summed E-state index contributed by atoms with van der Waals surface area (Å²) in [6, 6.07) is 10.9. The van der Waals surface area contributed by atoms with E-state index in [2.05, 4.69) is 5.32 Å². The van der Waals surface area contributed by atoms with E-state index >= 15 is 0 Å². The number of benzene rings is 2. The minimum Gasteiger partial charge on any atom is -0.348 e. The minimum atomic E-state index is -3.11. The maximum absolute atomic E-state index is 13.0. The van der Waals surface area contributed by atoms with Crippen LogP contribution in [0.2, 0.25) is 0 Å². The van der Waals surface area contributed by atoms with Crippen LogP contribution in [-0.2, 0) is 9.84 Å². The van der Waals surface area contributed by atoms with Gasteiger partial charge in [-0.3, -0.25) is 9.59 Å². The summed E-state index contributed by atoms with van der Waals surface area (Å²) in [5.41, 5.74) is 0.624. The molecule has 0 aromatic heterocycles. The van der Waals surface area contributed by atoms with Gasteiger partial charge < -0.3 is 5.32 Å². The molecule has 1 unspecified atom stereocenters. The molecule has 0 bridgehead atoms. The molecule has 1 N–H and O–H groups in total. The first-order valence-corrected chi connectivity index (χ1v) is 9.58. The Bertz CT molecular complexity index is 922. The van der Waals surface area contributed by atoms with Crippen LogP contribution in [0.25, 0.3) is 0 Å². The third-order valence-corrected chi connectivity index (χ3v) is 5.86. The van der Waals surface area contributed by atoms with Gasteiger partial charge in [0.25, 0.3) is 5.91 Å². The summed E-state index contributed by atoms with van der Waals surface area (Å²) in [4.78, 5) is 25.1. The van der Waals surface area contributed by atoms with Gasteiger partial charge in [-0.05, 0) is 36.8 Å². The largest absolute Gasteiger partial charge is 0.348 e. The molecule has 0 spiro atoms. The summed E-state index contributed by atoms with van der Waals surface area (Å²) < 4.78 is 36.0. The van der Waals surface area contributed by atoms with Gasteiger partial charge >= 0.3 is 0 Å². The molecular weight excluding hydrogens is 345 g/mol. The van der Waals surface area contributed by atoms with Crippen LogP contribution in [0.15, 0.2) is 48.5 Å². The van der Waals surface area contributed by atoms with Crippen LogP contribution >= 0.6 is 0 Å². The Hall–Kier alpha value is -2.54. The molecule has 1 heterocycles. The molecule has 3 rings (SSSR count). The van der Waals surface area contributed by atoms with Gasteiger partial charge in [0.1, 0.15) is 5.82 Å². The van der Waals surface area contributed by atoms with E-state index in [-0.39, 0.29) is 28.2 Å². The number of nitrogens with one attached hydrogen (secondary N) is 1. The first-order chi connectivity index (χ1) is 11.9.